The lowest BCUT2D eigenvalue weighted by Crippen LogP contribution is -2.41. The van der Waals surface area contributed by atoms with E-state index in [0.717, 1.165) is 4.90 Å². The summed E-state index contributed by atoms with van der Waals surface area (Å²) in [5.74, 6) is 0.424. The molecular weight excluding hydrogens is 364 g/mol. The van der Waals surface area contributed by atoms with Gasteiger partial charge in [-0.15, -0.1) is 11.8 Å². The first-order valence-corrected chi connectivity index (χ1v) is 8.64. The average Bonchev–Trinajstić information content (AvgIpc) is 3.02. The molecule has 0 saturated heterocycles. The van der Waals surface area contributed by atoms with E-state index >= 15 is 0 Å². The molecule has 2 aromatic carbocycles. The summed E-state index contributed by atoms with van der Waals surface area (Å²) < 4.78 is 11.2. The Morgan fingerprint density at radius 2 is 1.88 bits per heavy atom. The number of ketones is 1. The third-order valence-corrected chi connectivity index (χ3v) is 4.69. The third kappa shape index (κ3) is 3.94. The van der Waals surface area contributed by atoms with Crippen LogP contribution in [0.5, 0.6) is 5.75 Å². The van der Waals surface area contributed by atoms with Gasteiger partial charge in [0.15, 0.2) is 0 Å². The van der Waals surface area contributed by atoms with Crippen molar-refractivity contribution < 1.29 is 18.7 Å². The van der Waals surface area contributed by atoms with Gasteiger partial charge in [-0.05, 0) is 46.4 Å². The first kappa shape index (κ1) is 17.3. The monoisotopic (exact) mass is 377 g/mol. The van der Waals surface area contributed by atoms with Crippen molar-refractivity contribution in [3.8, 4) is 11.4 Å². The zero-order valence-corrected chi connectivity index (χ0v) is 14.8. The molecule has 0 aliphatic carbocycles. The van der Waals surface area contributed by atoms with Crippen molar-refractivity contribution in [1.29, 1.82) is 0 Å². The lowest BCUT2D eigenvalue weighted by molar-refractivity contribution is -0.672. The fourth-order valence-corrected chi connectivity index (χ4v) is 3.06. The molecule has 0 fully saturated rings. The summed E-state index contributed by atoms with van der Waals surface area (Å²) in [6.07, 6.45) is 0. The highest BCUT2D eigenvalue weighted by Crippen LogP contribution is 2.21. The van der Waals surface area contributed by atoms with E-state index in [1.807, 2.05) is 12.1 Å². The molecule has 25 heavy (non-hydrogen) atoms. The maximum absolute atomic E-state index is 12.5. The minimum Gasteiger partial charge on any atom is -0.497 e. The number of thioether (sulfide) groups is 1. The van der Waals surface area contributed by atoms with Crippen LogP contribution in [0.4, 0.5) is 0 Å². The van der Waals surface area contributed by atoms with Gasteiger partial charge < -0.3 is 4.74 Å². The molecule has 6 nitrogen and oxygen atoms in total. The summed E-state index contributed by atoms with van der Waals surface area (Å²) in [4.78, 5) is 25.3. The van der Waals surface area contributed by atoms with Crippen LogP contribution in [-0.4, -0.2) is 23.9 Å². The normalized spacial score (nSPS) is 10.6. The molecule has 8 heteroatoms. The minimum atomic E-state index is -0.711. The fourth-order valence-electron chi connectivity index (χ4n) is 2.17. The molecule has 1 N–H and O–H groups in total. The molecule has 0 atom stereocenters. The smallest absolute Gasteiger partial charge is 0.438 e. The van der Waals surface area contributed by atoms with Crippen molar-refractivity contribution in [3.63, 3.8) is 0 Å². The second kappa shape index (κ2) is 7.58. The summed E-state index contributed by atoms with van der Waals surface area (Å²) in [6.45, 7) is 0. The van der Waals surface area contributed by atoms with Crippen LogP contribution in [0.15, 0.2) is 62.7 Å². The van der Waals surface area contributed by atoms with Crippen LogP contribution in [0.3, 0.4) is 0 Å². The lowest BCUT2D eigenvalue weighted by atomic mass is 10.2. The number of H-pyrrole nitrogens is 1. The van der Waals surface area contributed by atoms with Crippen LogP contribution in [0.25, 0.3) is 5.69 Å². The van der Waals surface area contributed by atoms with Crippen LogP contribution in [-0.2, 0) is 0 Å². The predicted octanol–water partition coefficient (Wildman–Crippen LogP) is 2.88. The van der Waals surface area contributed by atoms with Crippen molar-refractivity contribution in [2.45, 2.75) is 4.90 Å². The standard InChI is InChI=1S/C17H13ClN2O4S/c1-23-13-6-4-12(5-7-13)20-16(17(22)24-19-20)15(21)10-25-14-8-2-11(18)3-9-14/h2-9H,10H2,1H3/p+1. The maximum Gasteiger partial charge on any atom is 0.438 e. The number of halogens is 1. The SMILES string of the molecule is COc1ccc(-[n+]2[nH]oc(=O)c2C(=O)CSc2ccc(Cl)cc2)cc1. The Labute approximate surface area is 152 Å². The number of aromatic amines is 1. The topological polar surface area (TPSA) is 76.2 Å². The van der Waals surface area contributed by atoms with Gasteiger partial charge in [0.2, 0.25) is 11.5 Å². The molecule has 0 bridgehead atoms. The van der Waals surface area contributed by atoms with Crippen LogP contribution in [0.1, 0.15) is 10.5 Å². The largest absolute Gasteiger partial charge is 0.497 e. The molecule has 1 heterocycles. The van der Waals surface area contributed by atoms with Crippen molar-refractivity contribution in [2.24, 2.45) is 0 Å². The zero-order valence-electron chi connectivity index (χ0n) is 13.2. The molecule has 0 unspecified atom stereocenters. The summed E-state index contributed by atoms with van der Waals surface area (Å²) in [6, 6.07) is 14.0. The number of ether oxygens (including phenoxy) is 1. The quantitative estimate of drug-likeness (QED) is 0.406. The molecule has 1 aromatic heterocycles. The average molecular weight is 378 g/mol. The molecule has 3 rings (SSSR count). The molecule has 0 radical (unpaired) electrons. The van der Waals surface area contributed by atoms with E-state index in [4.69, 9.17) is 20.9 Å². The number of benzene rings is 2. The van der Waals surface area contributed by atoms with E-state index in [-0.39, 0.29) is 17.2 Å². The summed E-state index contributed by atoms with van der Waals surface area (Å²) in [5, 5.41) is 3.08. The Hall–Kier alpha value is -2.51. The van der Waals surface area contributed by atoms with Gasteiger partial charge in [0.1, 0.15) is 5.75 Å². The molecule has 3 aromatic rings. The van der Waals surface area contributed by atoms with E-state index < -0.39 is 5.63 Å². The van der Waals surface area contributed by atoms with E-state index in [1.165, 1.54) is 16.4 Å². The van der Waals surface area contributed by atoms with E-state index in [0.29, 0.717) is 16.5 Å². The Kier molecular flexibility index (Phi) is 5.25. The van der Waals surface area contributed by atoms with Crippen molar-refractivity contribution in [1.82, 2.24) is 5.27 Å². The molecular formula is C17H14ClN2O4S+. The van der Waals surface area contributed by atoms with Crippen molar-refractivity contribution >= 4 is 29.1 Å². The van der Waals surface area contributed by atoms with Gasteiger partial charge in [0.25, 0.3) is 0 Å². The van der Waals surface area contributed by atoms with E-state index in [2.05, 4.69) is 5.27 Å². The van der Waals surface area contributed by atoms with Crippen molar-refractivity contribution in [2.75, 3.05) is 12.9 Å². The Balaban J connectivity index is 1.81. The fraction of sp³-hybridized carbons (Fsp3) is 0.118. The highest BCUT2D eigenvalue weighted by molar-refractivity contribution is 8.00. The highest BCUT2D eigenvalue weighted by Gasteiger charge is 2.30. The lowest BCUT2D eigenvalue weighted by Gasteiger charge is -2.00. The number of rotatable bonds is 6. The zero-order chi connectivity index (χ0) is 17.8. The summed E-state index contributed by atoms with van der Waals surface area (Å²) >= 11 is 7.16. The predicted molar refractivity (Wildman–Crippen MR) is 93.9 cm³/mol. The number of hydrogen-bond donors (Lipinski definition) is 1. The first-order chi connectivity index (χ1) is 12.1. The van der Waals surface area contributed by atoms with Gasteiger partial charge in [0, 0.05) is 22.1 Å². The summed E-state index contributed by atoms with van der Waals surface area (Å²) in [7, 11) is 1.56. The number of Topliss-reactive ketones (excluding diaryl/α,β-unsaturated/α-hetero) is 1. The minimum absolute atomic E-state index is 0.0633. The second-order valence-electron chi connectivity index (χ2n) is 5.03. The van der Waals surface area contributed by atoms with E-state index in [9.17, 15) is 9.59 Å². The summed E-state index contributed by atoms with van der Waals surface area (Å²) in [5.41, 5.74) is -0.185. The second-order valence-corrected chi connectivity index (χ2v) is 6.51. The van der Waals surface area contributed by atoms with Crippen LogP contribution in [0, 0.1) is 0 Å². The molecule has 0 amide bonds. The Morgan fingerprint density at radius 1 is 1.20 bits per heavy atom. The molecule has 128 valence electrons. The molecule has 0 spiro atoms. The third-order valence-electron chi connectivity index (χ3n) is 3.42. The van der Waals surface area contributed by atoms with Crippen LogP contribution >= 0.6 is 23.4 Å². The van der Waals surface area contributed by atoms with Gasteiger partial charge >= 0.3 is 11.3 Å². The van der Waals surface area contributed by atoms with Gasteiger partial charge in [-0.25, -0.2) is 4.79 Å². The van der Waals surface area contributed by atoms with E-state index in [1.54, 1.807) is 43.5 Å². The number of methoxy groups -OCH3 is 1. The van der Waals surface area contributed by atoms with Gasteiger partial charge in [0.05, 0.1) is 12.9 Å². The van der Waals surface area contributed by atoms with Gasteiger partial charge in [-0.1, -0.05) is 11.6 Å². The first-order valence-electron chi connectivity index (χ1n) is 7.28. The number of nitrogens with one attached hydrogen (secondary N) is 1. The van der Waals surface area contributed by atoms with Crippen molar-refractivity contribution in [3.05, 3.63) is 69.7 Å². The highest BCUT2D eigenvalue weighted by atomic mass is 35.5. The van der Waals surface area contributed by atoms with Gasteiger partial charge in [-0.2, -0.15) is 0 Å². The Bertz CT molecular complexity index is 933. The molecule has 0 saturated carbocycles. The number of carbonyl (C=O) groups excluding carboxylic acids is 1. The number of aromatic nitrogens is 2. The molecule has 0 aliphatic rings. The number of carbonyl (C=O) groups is 1. The van der Waals surface area contributed by atoms with Gasteiger partial charge in [-0.3, -0.25) is 9.32 Å². The van der Waals surface area contributed by atoms with Crippen LogP contribution in [0.2, 0.25) is 5.02 Å². The molecule has 0 aliphatic heterocycles. The Morgan fingerprint density at radius 3 is 2.52 bits per heavy atom. The maximum atomic E-state index is 12.5. The van der Waals surface area contributed by atoms with Crippen LogP contribution < -0.4 is 15.0 Å². The number of nitrogens with zero attached hydrogens (tertiary/aromatic N) is 1. The number of hydrogen-bond acceptors (Lipinski definition) is 5.